The van der Waals surface area contributed by atoms with Gasteiger partial charge in [-0.15, -0.1) is 0 Å². The fraction of sp³-hybridized carbons (Fsp3) is 0.923. The van der Waals surface area contributed by atoms with Crippen molar-refractivity contribution in [2.75, 3.05) is 6.61 Å². The Labute approximate surface area is 182 Å². The lowest BCUT2D eigenvalue weighted by Gasteiger charge is -2.65. The topological polar surface area (TPSA) is 29.5 Å². The molecule has 168 valence electrons. The maximum absolute atomic E-state index is 10.5. The van der Waals surface area contributed by atoms with Crippen LogP contribution in [0.25, 0.3) is 0 Å². The van der Waals surface area contributed by atoms with Crippen LogP contribution in [0.5, 0.6) is 0 Å². The lowest BCUT2D eigenvalue weighted by molar-refractivity contribution is -0.134. The average Bonchev–Trinajstić information content (AvgIpc) is 2.55. The zero-order valence-electron chi connectivity index (χ0n) is 21.0. The first kappa shape index (κ1) is 23.5. The van der Waals surface area contributed by atoms with Gasteiger partial charge in [-0.2, -0.15) is 0 Å². The second-order valence-electron chi connectivity index (χ2n) is 13.3. The molecule has 0 aliphatic heterocycles. The predicted octanol–water partition coefficient (Wildman–Crippen LogP) is 7.34. The lowest BCUT2D eigenvalue weighted by Crippen LogP contribution is -2.59. The van der Waals surface area contributed by atoms with E-state index in [0.717, 1.165) is 12.3 Å². The molecule has 0 aromatic rings. The van der Waals surface area contributed by atoms with Gasteiger partial charge in [-0.05, 0) is 96.4 Å². The third-order valence-corrected chi connectivity index (χ3v) is 14.8. The van der Waals surface area contributed by atoms with E-state index in [1.165, 1.54) is 43.3 Å². The molecular formula is C26H48O2Si. The Morgan fingerprint density at radius 2 is 1.66 bits per heavy atom. The van der Waals surface area contributed by atoms with E-state index >= 15 is 0 Å². The molecule has 0 unspecified atom stereocenters. The fourth-order valence-electron chi connectivity index (χ4n) is 7.55. The third kappa shape index (κ3) is 3.61. The summed E-state index contributed by atoms with van der Waals surface area (Å²) in [5.41, 5.74) is 3.56. The summed E-state index contributed by atoms with van der Waals surface area (Å²) in [7, 11) is -1.87. The zero-order chi connectivity index (χ0) is 22.0. The van der Waals surface area contributed by atoms with Gasteiger partial charge in [0.05, 0.1) is 12.7 Å². The monoisotopic (exact) mass is 420 g/mol. The number of aliphatic hydroxyl groups excluding tert-OH is 1. The second kappa shape index (κ2) is 7.20. The maximum Gasteiger partial charge on any atom is 0.192 e. The van der Waals surface area contributed by atoms with Crippen molar-refractivity contribution in [1.82, 2.24) is 0 Å². The molecule has 0 spiro atoms. The standard InChI is InChI=1S/C26H48O2Si/c1-18-19(17-27)25(7)15-12-21-24(5,6)13-11-14-26(21,8)22(25)16-20(18)28-29(9,10)23(2,3)4/h20-22,27H,11-17H2,1-10H3/t20-,21-,22-,25-,26-/m0/s1. The second-order valence-corrected chi connectivity index (χ2v) is 18.1. The van der Waals surface area contributed by atoms with Crippen molar-refractivity contribution in [3.05, 3.63) is 11.1 Å². The van der Waals surface area contributed by atoms with E-state index in [-0.39, 0.29) is 23.2 Å². The molecule has 1 N–H and O–H groups in total. The zero-order valence-corrected chi connectivity index (χ0v) is 22.0. The number of aliphatic hydroxyl groups is 1. The first-order valence-corrected chi connectivity index (χ1v) is 15.0. The van der Waals surface area contributed by atoms with Crippen molar-refractivity contribution in [1.29, 1.82) is 0 Å². The van der Waals surface area contributed by atoms with Gasteiger partial charge in [0.1, 0.15) is 0 Å². The summed E-state index contributed by atoms with van der Waals surface area (Å²) in [4.78, 5) is 0. The highest BCUT2D eigenvalue weighted by Crippen LogP contribution is 2.68. The van der Waals surface area contributed by atoms with Crippen molar-refractivity contribution < 1.29 is 9.53 Å². The van der Waals surface area contributed by atoms with Gasteiger partial charge in [-0.1, -0.05) is 54.9 Å². The van der Waals surface area contributed by atoms with Crippen LogP contribution < -0.4 is 0 Å². The molecule has 0 aromatic heterocycles. The molecule has 3 rings (SSSR count). The van der Waals surface area contributed by atoms with Crippen LogP contribution in [0.4, 0.5) is 0 Å². The van der Waals surface area contributed by atoms with E-state index in [0.29, 0.717) is 16.7 Å². The molecular weight excluding hydrogens is 372 g/mol. The molecule has 3 aliphatic rings. The van der Waals surface area contributed by atoms with Gasteiger partial charge in [0.25, 0.3) is 0 Å². The normalized spacial score (nSPS) is 40.4. The maximum atomic E-state index is 10.5. The molecule has 2 nitrogen and oxygen atoms in total. The summed E-state index contributed by atoms with van der Waals surface area (Å²) >= 11 is 0. The van der Waals surface area contributed by atoms with Crippen LogP contribution >= 0.6 is 0 Å². The van der Waals surface area contributed by atoms with Crippen LogP contribution in [0.15, 0.2) is 11.1 Å². The van der Waals surface area contributed by atoms with E-state index in [1.54, 1.807) is 0 Å². The van der Waals surface area contributed by atoms with Gasteiger partial charge in [0.15, 0.2) is 8.32 Å². The Balaban J connectivity index is 2.05. The number of hydrogen-bond acceptors (Lipinski definition) is 2. The van der Waals surface area contributed by atoms with Gasteiger partial charge in [0, 0.05) is 0 Å². The number of rotatable bonds is 3. The Morgan fingerprint density at radius 3 is 2.21 bits per heavy atom. The minimum absolute atomic E-state index is 0.130. The highest BCUT2D eigenvalue weighted by Gasteiger charge is 2.61. The molecule has 0 heterocycles. The Hall–Kier alpha value is -0.123. The van der Waals surface area contributed by atoms with Crippen LogP contribution in [0.2, 0.25) is 18.1 Å². The quantitative estimate of drug-likeness (QED) is 0.382. The van der Waals surface area contributed by atoms with Crippen LogP contribution in [0, 0.1) is 28.1 Å². The molecule has 3 aliphatic carbocycles. The summed E-state index contributed by atoms with van der Waals surface area (Å²) < 4.78 is 7.03. The molecule has 29 heavy (non-hydrogen) atoms. The van der Waals surface area contributed by atoms with Crippen molar-refractivity contribution in [3.63, 3.8) is 0 Å². The number of hydrogen-bond donors (Lipinski definition) is 1. The van der Waals surface area contributed by atoms with E-state index in [9.17, 15) is 5.11 Å². The molecule has 2 saturated carbocycles. The van der Waals surface area contributed by atoms with Crippen molar-refractivity contribution in [2.24, 2.45) is 28.1 Å². The summed E-state index contributed by atoms with van der Waals surface area (Å²) in [6, 6.07) is 0. The van der Waals surface area contributed by atoms with Crippen LogP contribution in [-0.4, -0.2) is 26.1 Å². The molecule has 0 amide bonds. The number of fused-ring (bicyclic) bond motifs is 3. The molecule has 5 atom stereocenters. The van der Waals surface area contributed by atoms with E-state index < -0.39 is 8.32 Å². The summed E-state index contributed by atoms with van der Waals surface area (Å²) in [5.74, 6) is 1.39. The van der Waals surface area contributed by atoms with E-state index in [1.807, 2.05) is 0 Å². The molecule has 0 saturated heterocycles. The molecule has 3 heteroatoms. The van der Waals surface area contributed by atoms with Crippen molar-refractivity contribution in [2.45, 2.75) is 118 Å². The smallest absolute Gasteiger partial charge is 0.192 e. The van der Waals surface area contributed by atoms with Crippen molar-refractivity contribution >= 4 is 8.32 Å². The third-order valence-electron chi connectivity index (χ3n) is 10.3. The first-order valence-electron chi connectivity index (χ1n) is 12.1. The first-order chi connectivity index (χ1) is 13.1. The molecule has 0 aromatic carbocycles. The van der Waals surface area contributed by atoms with Crippen LogP contribution in [-0.2, 0) is 4.43 Å². The highest BCUT2D eigenvalue weighted by molar-refractivity contribution is 6.74. The van der Waals surface area contributed by atoms with Gasteiger partial charge in [0.2, 0.25) is 0 Å². The van der Waals surface area contributed by atoms with Gasteiger partial charge < -0.3 is 9.53 Å². The van der Waals surface area contributed by atoms with Gasteiger partial charge in [-0.25, -0.2) is 0 Å². The molecule has 0 radical (unpaired) electrons. The van der Waals surface area contributed by atoms with E-state index in [2.05, 4.69) is 68.5 Å². The van der Waals surface area contributed by atoms with Gasteiger partial charge in [-0.3, -0.25) is 0 Å². The summed E-state index contributed by atoms with van der Waals surface area (Å²) in [5, 5.41) is 10.7. The van der Waals surface area contributed by atoms with E-state index in [4.69, 9.17) is 4.43 Å². The van der Waals surface area contributed by atoms with Crippen LogP contribution in [0.1, 0.15) is 93.9 Å². The minimum Gasteiger partial charge on any atom is -0.410 e. The molecule has 0 bridgehead atoms. The summed E-state index contributed by atoms with van der Waals surface area (Å²) in [6.07, 6.45) is 7.90. The fourth-order valence-corrected chi connectivity index (χ4v) is 8.89. The van der Waals surface area contributed by atoms with Crippen molar-refractivity contribution in [3.8, 4) is 0 Å². The SMILES string of the molecule is CC1=C(CO)[C@]2(C)CC[C@H]3C(C)(C)CCC[C@]3(C)[C@H]2C[C@@H]1O[Si](C)(C)C(C)(C)C. The van der Waals surface area contributed by atoms with Gasteiger partial charge >= 0.3 is 0 Å². The Bertz CT molecular complexity index is 671. The minimum atomic E-state index is -1.87. The largest absolute Gasteiger partial charge is 0.410 e. The Morgan fingerprint density at radius 1 is 1.03 bits per heavy atom. The average molecular weight is 421 g/mol. The summed E-state index contributed by atoms with van der Waals surface area (Å²) in [6.45, 7) is 24.3. The predicted molar refractivity (Wildman–Crippen MR) is 127 cm³/mol. The lowest BCUT2D eigenvalue weighted by atomic mass is 9.40. The molecule has 2 fully saturated rings. The van der Waals surface area contributed by atoms with Crippen LogP contribution in [0.3, 0.4) is 0 Å². The Kier molecular flexibility index (Phi) is 5.85. The highest BCUT2D eigenvalue weighted by atomic mass is 28.4.